The normalized spacial score (nSPS) is 15.8. The summed E-state index contributed by atoms with van der Waals surface area (Å²) < 4.78 is 26.3. The van der Waals surface area contributed by atoms with E-state index in [0.717, 1.165) is 24.2 Å². The number of hydrogen-bond acceptors (Lipinski definition) is 5. The van der Waals surface area contributed by atoms with E-state index in [0.29, 0.717) is 23.7 Å². The molecule has 0 bridgehead atoms. The second-order valence-corrected chi connectivity index (χ2v) is 7.80. The van der Waals surface area contributed by atoms with Gasteiger partial charge in [-0.3, -0.25) is 9.78 Å². The van der Waals surface area contributed by atoms with E-state index in [1.165, 1.54) is 21.9 Å². The Kier molecular flexibility index (Phi) is 4.23. The van der Waals surface area contributed by atoms with Crippen molar-refractivity contribution in [3.05, 3.63) is 40.8 Å². The van der Waals surface area contributed by atoms with Crippen LogP contribution in [-0.4, -0.2) is 36.7 Å². The third-order valence-corrected chi connectivity index (χ3v) is 6.38. The van der Waals surface area contributed by atoms with Crippen molar-refractivity contribution in [2.24, 2.45) is 0 Å². The highest BCUT2D eigenvalue weighted by atomic mass is 32.2. The molecule has 0 unspecified atom stereocenters. The van der Waals surface area contributed by atoms with Gasteiger partial charge in [-0.05, 0) is 31.0 Å². The lowest BCUT2D eigenvalue weighted by atomic mass is 10.4. The minimum Gasteiger partial charge on any atom is -0.320 e. The molecule has 1 saturated heterocycles. The number of sulfonamides is 1. The van der Waals surface area contributed by atoms with Crippen molar-refractivity contribution in [2.75, 3.05) is 18.4 Å². The Morgan fingerprint density at radius 1 is 1.32 bits per heavy atom. The second kappa shape index (κ2) is 6.15. The summed E-state index contributed by atoms with van der Waals surface area (Å²) in [5.41, 5.74) is 0.574. The molecule has 0 atom stereocenters. The molecular formula is C14H15N3O3S2. The summed E-state index contributed by atoms with van der Waals surface area (Å²) in [5.74, 6) is -0.333. The molecule has 3 heterocycles. The van der Waals surface area contributed by atoms with Gasteiger partial charge < -0.3 is 5.32 Å². The molecular weight excluding hydrogens is 322 g/mol. The van der Waals surface area contributed by atoms with Crippen LogP contribution in [0, 0.1) is 0 Å². The van der Waals surface area contributed by atoms with E-state index in [1.807, 2.05) is 0 Å². The van der Waals surface area contributed by atoms with E-state index in [-0.39, 0.29) is 10.8 Å². The molecule has 1 aliphatic heterocycles. The van der Waals surface area contributed by atoms with Gasteiger partial charge in [0, 0.05) is 24.7 Å². The number of carbonyl (C=O) groups excluding carboxylic acids is 1. The topological polar surface area (TPSA) is 79.4 Å². The number of pyridine rings is 1. The van der Waals surface area contributed by atoms with Crippen molar-refractivity contribution in [3.63, 3.8) is 0 Å². The summed E-state index contributed by atoms with van der Waals surface area (Å²) in [6.07, 6.45) is 4.92. The van der Waals surface area contributed by atoms with E-state index in [2.05, 4.69) is 10.3 Å². The zero-order chi connectivity index (χ0) is 15.6. The third-order valence-electron chi connectivity index (χ3n) is 3.42. The van der Waals surface area contributed by atoms with Crippen LogP contribution in [-0.2, 0) is 10.0 Å². The van der Waals surface area contributed by atoms with Gasteiger partial charge >= 0.3 is 0 Å². The summed E-state index contributed by atoms with van der Waals surface area (Å²) in [6, 6.07) is 4.87. The average molecular weight is 337 g/mol. The first-order valence-electron chi connectivity index (χ1n) is 6.87. The van der Waals surface area contributed by atoms with E-state index < -0.39 is 10.0 Å². The van der Waals surface area contributed by atoms with Crippen LogP contribution < -0.4 is 5.32 Å². The number of carbonyl (C=O) groups is 1. The summed E-state index contributed by atoms with van der Waals surface area (Å²) in [7, 11) is -3.47. The van der Waals surface area contributed by atoms with Crippen LogP contribution in [0.2, 0.25) is 0 Å². The van der Waals surface area contributed by atoms with Gasteiger partial charge in [-0.25, -0.2) is 8.42 Å². The maximum absolute atomic E-state index is 12.4. The quantitative estimate of drug-likeness (QED) is 0.927. The SMILES string of the molecule is O=C(Nc1cccnc1)c1cc(S(=O)(=O)N2CCCC2)cs1. The van der Waals surface area contributed by atoms with Gasteiger partial charge in [0.25, 0.3) is 5.91 Å². The van der Waals surface area contributed by atoms with Crippen LogP contribution in [0.4, 0.5) is 5.69 Å². The average Bonchev–Trinajstić information content (AvgIpc) is 3.20. The van der Waals surface area contributed by atoms with Crippen LogP contribution in [0.25, 0.3) is 0 Å². The Labute approximate surface area is 132 Å². The highest BCUT2D eigenvalue weighted by Gasteiger charge is 2.28. The summed E-state index contributed by atoms with van der Waals surface area (Å²) in [5, 5.41) is 4.21. The van der Waals surface area contributed by atoms with Gasteiger partial charge in [0.1, 0.15) is 0 Å². The maximum atomic E-state index is 12.4. The Balaban J connectivity index is 1.77. The lowest BCUT2D eigenvalue weighted by Crippen LogP contribution is -2.27. The lowest BCUT2D eigenvalue weighted by Gasteiger charge is -2.13. The Hall–Kier alpha value is -1.77. The van der Waals surface area contributed by atoms with E-state index in [9.17, 15) is 13.2 Å². The van der Waals surface area contributed by atoms with Crippen molar-refractivity contribution in [1.82, 2.24) is 9.29 Å². The fourth-order valence-electron chi connectivity index (χ4n) is 2.28. The van der Waals surface area contributed by atoms with Crippen LogP contribution in [0.3, 0.4) is 0 Å². The molecule has 1 fully saturated rings. The van der Waals surface area contributed by atoms with Crippen molar-refractivity contribution in [3.8, 4) is 0 Å². The summed E-state index contributed by atoms with van der Waals surface area (Å²) in [4.78, 5) is 16.6. The van der Waals surface area contributed by atoms with Gasteiger partial charge in [0.2, 0.25) is 10.0 Å². The van der Waals surface area contributed by atoms with Crippen molar-refractivity contribution in [2.45, 2.75) is 17.7 Å². The number of aromatic nitrogens is 1. The molecule has 0 aromatic carbocycles. The van der Waals surface area contributed by atoms with Crippen molar-refractivity contribution >= 4 is 33.0 Å². The fraction of sp³-hybridized carbons (Fsp3) is 0.286. The number of rotatable bonds is 4. The van der Waals surface area contributed by atoms with Gasteiger partial charge in [-0.1, -0.05) is 0 Å². The molecule has 1 aliphatic rings. The standard InChI is InChI=1S/C14H15N3O3S2/c18-14(16-11-4-3-5-15-9-11)13-8-12(10-21-13)22(19,20)17-6-1-2-7-17/h3-5,8-10H,1-2,6-7H2,(H,16,18). The summed E-state index contributed by atoms with van der Waals surface area (Å²) in [6.45, 7) is 1.10. The van der Waals surface area contributed by atoms with Gasteiger partial charge in [-0.2, -0.15) is 4.31 Å². The number of hydrogen-bond donors (Lipinski definition) is 1. The molecule has 8 heteroatoms. The maximum Gasteiger partial charge on any atom is 0.265 e. The molecule has 1 amide bonds. The molecule has 22 heavy (non-hydrogen) atoms. The largest absolute Gasteiger partial charge is 0.320 e. The summed E-state index contributed by atoms with van der Waals surface area (Å²) >= 11 is 1.12. The molecule has 2 aromatic rings. The first-order chi connectivity index (χ1) is 10.6. The van der Waals surface area contributed by atoms with Crippen molar-refractivity contribution < 1.29 is 13.2 Å². The number of amides is 1. The molecule has 6 nitrogen and oxygen atoms in total. The van der Waals surface area contributed by atoms with Crippen LogP contribution in [0.1, 0.15) is 22.5 Å². The van der Waals surface area contributed by atoms with Gasteiger partial charge in [0.15, 0.2) is 0 Å². The Morgan fingerprint density at radius 2 is 2.09 bits per heavy atom. The molecule has 116 valence electrons. The van der Waals surface area contributed by atoms with Crippen LogP contribution in [0.15, 0.2) is 40.9 Å². The monoisotopic (exact) mass is 337 g/mol. The zero-order valence-electron chi connectivity index (χ0n) is 11.7. The predicted molar refractivity (Wildman–Crippen MR) is 84.5 cm³/mol. The molecule has 0 spiro atoms. The molecule has 0 saturated carbocycles. The molecule has 1 N–H and O–H groups in total. The Bertz CT molecular complexity index is 766. The molecule has 3 rings (SSSR count). The first-order valence-corrected chi connectivity index (χ1v) is 9.19. The van der Waals surface area contributed by atoms with E-state index in [1.54, 1.807) is 18.3 Å². The third kappa shape index (κ3) is 3.03. The minimum atomic E-state index is -3.47. The first kappa shape index (κ1) is 15.1. The Morgan fingerprint density at radius 3 is 2.77 bits per heavy atom. The van der Waals surface area contributed by atoms with Crippen molar-refractivity contribution in [1.29, 1.82) is 0 Å². The lowest BCUT2D eigenvalue weighted by molar-refractivity contribution is 0.103. The number of nitrogens with zero attached hydrogens (tertiary/aromatic N) is 2. The molecule has 2 aromatic heterocycles. The zero-order valence-corrected chi connectivity index (χ0v) is 13.4. The van der Waals surface area contributed by atoms with E-state index >= 15 is 0 Å². The van der Waals surface area contributed by atoms with Crippen LogP contribution >= 0.6 is 11.3 Å². The number of anilines is 1. The minimum absolute atomic E-state index is 0.190. The smallest absolute Gasteiger partial charge is 0.265 e. The highest BCUT2D eigenvalue weighted by molar-refractivity contribution is 7.89. The van der Waals surface area contributed by atoms with E-state index in [4.69, 9.17) is 0 Å². The number of thiophene rings is 1. The molecule has 0 radical (unpaired) electrons. The van der Waals surface area contributed by atoms with Gasteiger partial charge in [-0.15, -0.1) is 11.3 Å². The fourth-order valence-corrected chi connectivity index (χ4v) is 4.95. The van der Waals surface area contributed by atoms with Gasteiger partial charge in [0.05, 0.1) is 21.7 Å². The van der Waals surface area contributed by atoms with Crippen LogP contribution in [0.5, 0.6) is 0 Å². The number of nitrogens with one attached hydrogen (secondary N) is 1. The molecule has 0 aliphatic carbocycles. The highest BCUT2D eigenvalue weighted by Crippen LogP contribution is 2.25. The second-order valence-electron chi connectivity index (χ2n) is 4.95. The predicted octanol–water partition coefficient (Wildman–Crippen LogP) is 2.18.